The Morgan fingerprint density at radius 1 is 1.44 bits per heavy atom. The van der Waals surface area contributed by atoms with Crippen LogP contribution in [-0.4, -0.2) is 20.6 Å². The first-order valence-corrected chi connectivity index (χ1v) is 8.52. The molecule has 4 rings (SSSR count). The number of thiophene rings is 1. The molecule has 1 aromatic carbocycles. The van der Waals surface area contributed by atoms with Crippen molar-refractivity contribution in [2.24, 2.45) is 0 Å². The van der Waals surface area contributed by atoms with Gasteiger partial charge in [0.05, 0.1) is 16.9 Å². The summed E-state index contributed by atoms with van der Waals surface area (Å²) in [5.41, 5.74) is 0.271. The Morgan fingerprint density at radius 2 is 2.28 bits per heavy atom. The molecule has 4 aromatic rings. The van der Waals surface area contributed by atoms with Crippen LogP contribution in [0, 0.1) is 6.92 Å². The lowest BCUT2D eigenvalue weighted by Crippen LogP contribution is -2.27. The smallest absolute Gasteiger partial charge is 0.271 e. The van der Waals surface area contributed by atoms with Crippen LogP contribution in [0.4, 0.5) is 5.82 Å². The highest BCUT2D eigenvalue weighted by Gasteiger charge is 2.15. The molecule has 0 unspecified atom stereocenters. The first-order valence-electron chi connectivity index (χ1n) is 7.32. The number of rotatable bonds is 3. The maximum atomic E-state index is 12.7. The van der Waals surface area contributed by atoms with E-state index >= 15 is 0 Å². The summed E-state index contributed by atoms with van der Waals surface area (Å²) in [6.45, 7) is 1.55. The van der Waals surface area contributed by atoms with Gasteiger partial charge in [-0.25, -0.2) is 4.98 Å². The SMILES string of the molecule is Cc1cc(NC(=O)Cn2cnc3c(sc4cccc(Cl)c43)c2=O)no1. The van der Waals surface area contributed by atoms with Crippen molar-refractivity contribution in [3.05, 3.63) is 51.7 Å². The third-order valence-corrected chi connectivity index (χ3v) is 5.08. The molecule has 3 aromatic heterocycles. The highest BCUT2D eigenvalue weighted by Crippen LogP contribution is 2.34. The monoisotopic (exact) mass is 374 g/mol. The lowest BCUT2D eigenvalue weighted by molar-refractivity contribution is -0.116. The normalized spacial score (nSPS) is 11.3. The van der Waals surface area contributed by atoms with Crippen LogP contribution in [-0.2, 0) is 11.3 Å². The minimum absolute atomic E-state index is 0.171. The van der Waals surface area contributed by atoms with E-state index in [1.165, 1.54) is 22.2 Å². The van der Waals surface area contributed by atoms with Crippen molar-refractivity contribution < 1.29 is 9.32 Å². The zero-order valence-corrected chi connectivity index (χ0v) is 14.5. The van der Waals surface area contributed by atoms with Crippen molar-refractivity contribution in [3.8, 4) is 0 Å². The zero-order chi connectivity index (χ0) is 17.6. The third kappa shape index (κ3) is 2.79. The lowest BCUT2D eigenvalue weighted by atomic mass is 10.2. The standard InChI is InChI=1S/C16H11ClN4O3S/c1-8-5-11(20-24-8)19-12(22)6-21-7-18-14-13-9(17)3-2-4-10(13)25-15(14)16(21)23/h2-5,7H,6H2,1H3,(H,19,20,22). The van der Waals surface area contributed by atoms with E-state index in [9.17, 15) is 9.59 Å². The fourth-order valence-electron chi connectivity index (χ4n) is 2.54. The average molecular weight is 375 g/mol. The van der Waals surface area contributed by atoms with Gasteiger partial charge in [0.1, 0.15) is 17.0 Å². The minimum Gasteiger partial charge on any atom is -0.360 e. The van der Waals surface area contributed by atoms with Gasteiger partial charge in [0.2, 0.25) is 5.91 Å². The quantitative estimate of drug-likeness (QED) is 0.594. The molecule has 0 aliphatic heterocycles. The molecule has 0 bridgehead atoms. The Hall–Kier alpha value is -2.71. The minimum atomic E-state index is -0.393. The van der Waals surface area contributed by atoms with Crippen LogP contribution in [0.15, 0.2) is 39.9 Å². The maximum Gasteiger partial charge on any atom is 0.271 e. The van der Waals surface area contributed by atoms with Crippen molar-refractivity contribution in [1.82, 2.24) is 14.7 Å². The lowest BCUT2D eigenvalue weighted by Gasteiger charge is -2.04. The van der Waals surface area contributed by atoms with Crippen LogP contribution < -0.4 is 10.9 Å². The zero-order valence-electron chi connectivity index (χ0n) is 12.9. The number of amides is 1. The molecule has 126 valence electrons. The molecule has 0 saturated carbocycles. The molecule has 1 amide bonds. The van der Waals surface area contributed by atoms with Gasteiger partial charge < -0.3 is 9.84 Å². The van der Waals surface area contributed by atoms with Crippen molar-refractivity contribution >= 4 is 55.0 Å². The molecular formula is C16H11ClN4O3S. The number of halogens is 1. The second-order valence-electron chi connectivity index (χ2n) is 5.44. The van der Waals surface area contributed by atoms with Crippen molar-refractivity contribution in [2.75, 3.05) is 5.32 Å². The van der Waals surface area contributed by atoms with E-state index in [0.717, 1.165) is 10.1 Å². The van der Waals surface area contributed by atoms with Gasteiger partial charge in [-0.2, -0.15) is 0 Å². The Kier molecular flexibility index (Phi) is 3.78. The number of benzene rings is 1. The van der Waals surface area contributed by atoms with Gasteiger partial charge >= 0.3 is 0 Å². The highest BCUT2D eigenvalue weighted by molar-refractivity contribution is 7.25. The number of carbonyl (C=O) groups excluding carboxylic acids is 1. The fourth-order valence-corrected chi connectivity index (χ4v) is 4.00. The van der Waals surface area contributed by atoms with Gasteiger partial charge in [-0.3, -0.25) is 14.2 Å². The second kappa shape index (κ2) is 5.98. The van der Waals surface area contributed by atoms with Crippen LogP contribution in [0.25, 0.3) is 20.3 Å². The van der Waals surface area contributed by atoms with Gasteiger partial charge in [-0.1, -0.05) is 22.8 Å². The number of carbonyl (C=O) groups is 1. The van der Waals surface area contributed by atoms with Gasteiger partial charge in [-0.05, 0) is 19.1 Å². The van der Waals surface area contributed by atoms with Gasteiger partial charge in [0.25, 0.3) is 5.56 Å². The first kappa shape index (κ1) is 15.8. The molecule has 0 spiro atoms. The van der Waals surface area contributed by atoms with Crippen molar-refractivity contribution in [3.63, 3.8) is 0 Å². The van der Waals surface area contributed by atoms with Gasteiger partial charge in [0, 0.05) is 16.2 Å². The van der Waals surface area contributed by atoms with E-state index in [1.54, 1.807) is 19.1 Å². The molecule has 0 aliphatic carbocycles. The predicted octanol–water partition coefficient (Wildman–Crippen LogP) is 3.20. The maximum absolute atomic E-state index is 12.7. The number of nitrogens with zero attached hydrogens (tertiary/aromatic N) is 3. The number of fused-ring (bicyclic) bond motifs is 3. The molecule has 1 N–H and O–H groups in total. The molecule has 9 heteroatoms. The van der Waals surface area contributed by atoms with E-state index in [4.69, 9.17) is 16.1 Å². The summed E-state index contributed by atoms with van der Waals surface area (Å²) in [4.78, 5) is 29.1. The summed E-state index contributed by atoms with van der Waals surface area (Å²) in [5.74, 6) is 0.492. The van der Waals surface area contributed by atoms with Crippen molar-refractivity contribution in [1.29, 1.82) is 0 Å². The summed E-state index contributed by atoms with van der Waals surface area (Å²) < 4.78 is 7.49. The Morgan fingerprint density at radius 3 is 3.04 bits per heavy atom. The van der Waals surface area contributed by atoms with Crippen LogP contribution in [0.2, 0.25) is 5.02 Å². The molecular weight excluding hydrogens is 364 g/mol. The number of hydrogen-bond donors (Lipinski definition) is 1. The van der Waals surface area contributed by atoms with E-state index in [0.29, 0.717) is 26.8 Å². The van der Waals surface area contributed by atoms with Crippen LogP contribution in [0.5, 0.6) is 0 Å². The first-order chi connectivity index (χ1) is 12.0. The number of anilines is 1. The number of aryl methyl sites for hydroxylation is 1. The molecule has 0 atom stereocenters. The average Bonchev–Trinajstić information content (AvgIpc) is 3.15. The van der Waals surface area contributed by atoms with Crippen LogP contribution in [0.1, 0.15) is 5.76 Å². The summed E-state index contributed by atoms with van der Waals surface area (Å²) >= 11 is 7.54. The summed E-state index contributed by atoms with van der Waals surface area (Å²) in [6.07, 6.45) is 1.35. The van der Waals surface area contributed by atoms with Gasteiger partial charge in [0.15, 0.2) is 5.82 Å². The molecule has 25 heavy (non-hydrogen) atoms. The molecule has 0 aliphatic rings. The molecule has 7 nitrogen and oxygen atoms in total. The van der Waals surface area contributed by atoms with Crippen LogP contribution >= 0.6 is 22.9 Å². The largest absolute Gasteiger partial charge is 0.360 e. The summed E-state index contributed by atoms with van der Waals surface area (Å²) in [5, 5.41) is 7.57. The third-order valence-electron chi connectivity index (χ3n) is 3.63. The summed E-state index contributed by atoms with van der Waals surface area (Å²) in [7, 11) is 0. The van der Waals surface area contributed by atoms with E-state index in [2.05, 4.69) is 15.5 Å². The molecule has 3 heterocycles. The highest BCUT2D eigenvalue weighted by atomic mass is 35.5. The van der Waals surface area contributed by atoms with E-state index < -0.39 is 5.91 Å². The molecule has 0 fully saturated rings. The Bertz CT molecular complexity index is 1180. The molecule has 0 saturated heterocycles. The topological polar surface area (TPSA) is 90.0 Å². The second-order valence-corrected chi connectivity index (χ2v) is 6.90. The molecule has 0 radical (unpaired) electrons. The predicted molar refractivity (Wildman–Crippen MR) is 96.3 cm³/mol. The van der Waals surface area contributed by atoms with Gasteiger partial charge in [-0.15, -0.1) is 11.3 Å². The van der Waals surface area contributed by atoms with E-state index in [1.807, 2.05) is 12.1 Å². The van der Waals surface area contributed by atoms with E-state index in [-0.39, 0.29) is 12.1 Å². The van der Waals surface area contributed by atoms with Crippen LogP contribution in [0.3, 0.4) is 0 Å². The number of nitrogens with one attached hydrogen (secondary N) is 1. The van der Waals surface area contributed by atoms with Crippen molar-refractivity contribution in [2.45, 2.75) is 13.5 Å². The Balaban J connectivity index is 1.70. The fraction of sp³-hybridized carbons (Fsp3) is 0.125. The number of aromatic nitrogens is 3. The summed E-state index contributed by atoms with van der Waals surface area (Å²) in [6, 6.07) is 7.07. The number of hydrogen-bond acceptors (Lipinski definition) is 6. The Labute approximate surface area is 149 Å².